The molecule has 2 aromatic carbocycles. The van der Waals surface area contributed by atoms with E-state index in [0.29, 0.717) is 22.7 Å². The lowest BCUT2D eigenvalue weighted by atomic mass is 9.94. The molecule has 2 aliphatic heterocycles. The fraction of sp³-hybridized carbons (Fsp3) is 0.304. The van der Waals surface area contributed by atoms with Crippen LogP contribution in [-0.4, -0.2) is 34.7 Å². The first kappa shape index (κ1) is 21.8. The van der Waals surface area contributed by atoms with Gasteiger partial charge in [-0.2, -0.15) is 0 Å². The third-order valence-electron chi connectivity index (χ3n) is 5.77. The molecule has 0 aromatic heterocycles. The van der Waals surface area contributed by atoms with Gasteiger partial charge in [0.2, 0.25) is 11.8 Å². The summed E-state index contributed by atoms with van der Waals surface area (Å²) in [6.07, 6.45) is 0.505. The Morgan fingerprint density at radius 3 is 2.53 bits per heavy atom. The topological polar surface area (TPSA) is 108 Å². The minimum absolute atomic E-state index is 0.201. The van der Waals surface area contributed by atoms with Gasteiger partial charge in [-0.3, -0.25) is 19.7 Å². The van der Waals surface area contributed by atoms with Crippen molar-refractivity contribution >= 4 is 41.0 Å². The van der Waals surface area contributed by atoms with E-state index in [9.17, 15) is 19.2 Å². The molecule has 32 heavy (non-hydrogen) atoms. The summed E-state index contributed by atoms with van der Waals surface area (Å²) in [4.78, 5) is 50.4. The van der Waals surface area contributed by atoms with Crippen LogP contribution in [0.1, 0.15) is 48.2 Å². The molecule has 1 unspecified atom stereocenters. The standard InChI is InChI=1S/C23H23ClN4O4/c1-23(2,14-3-5-15(24)6-4-14)27-22(32)25-16-7-8-17-13(11-16)12-28(21(17)31)18-9-10-19(29)26-20(18)30/h3-8,11,18H,9-10,12H2,1-2H3,(H2,25,27,32)(H,26,29,30). The zero-order valence-corrected chi connectivity index (χ0v) is 18.5. The van der Waals surface area contributed by atoms with Gasteiger partial charge < -0.3 is 15.5 Å². The third kappa shape index (κ3) is 4.31. The Morgan fingerprint density at radius 1 is 1.12 bits per heavy atom. The molecule has 1 atom stereocenters. The Labute approximate surface area is 190 Å². The number of carbonyl (C=O) groups is 4. The van der Waals surface area contributed by atoms with Crippen LogP contribution in [0.3, 0.4) is 0 Å². The minimum atomic E-state index is -0.674. The number of anilines is 1. The molecule has 0 saturated carbocycles. The first-order chi connectivity index (χ1) is 15.1. The molecular formula is C23H23ClN4O4. The lowest BCUT2D eigenvalue weighted by molar-refractivity contribution is -0.136. The maximum Gasteiger partial charge on any atom is 0.319 e. The van der Waals surface area contributed by atoms with Crippen molar-refractivity contribution in [2.24, 2.45) is 0 Å². The van der Waals surface area contributed by atoms with Crippen LogP contribution in [-0.2, 0) is 21.7 Å². The van der Waals surface area contributed by atoms with Crippen molar-refractivity contribution < 1.29 is 19.2 Å². The number of fused-ring (bicyclic) bond motifs is 1. The second-order valence-corrected chi connectivity index (χ2v) is 8.92. The van der Waals surface area contributed by atoms with Gasteiger partial charge in [0.05, 0.1) is 5.54 Å². The fourth-order valence-corrected chi connectivity index (χ4v) is 4.16. The summed E-state index contributed by atoms with van der Waals surface area (Å²) >= 11 is 5.94. The molecule has 0 aliphatic carbocycles. The summed E-state index contributed by atoms with van der Waals surface area (Å²) in [5.41, 5.74) is 2.00. The van der Waals surface area contributed by atoms with Crippen molar-refractivity contribution in [1.82, 2.24) is 15.5 Å². The summed E-state index contributed by atoms with van der Waals surface area (Å²) in [6, 6.07) is 11.2. The second kappa shape index (κ2) is 8.27. The van der Waals surface area contributed by atoms with Crippen LogP contribution in [0.25, 0.3) is 0 Å². The first-order valence-electron chi connectivity index (χ1n) is 10.3. The summed E-state index contributed by atoms with van der Waals surface area (Å²) < 4.78 is 0. The van der Waals surface area contributed by atoms with Gasteiger partial charge in [0.15, 0.2) is 0 Å². The van der Waals surface area contributed by atoms with E-state index >= 15 is 0 Å². The van der Waals surface area contributed by atoms with E-state index in [1.165, 1.54) is 4.90 Å². The molecule has 5 amide bonds. The number of piperidine rings is 1. The Hall–Kier alpha value is -3.39. The maximum absolute atomic E-state index is 12.8. The Kier molecular flexibility index (Phi) is 5.64. The molecule has 3 N–H and O–H groups in total. The Balaban J connectivity index is 1.44. The van der Waals surface area contributed by atoms with Crippen LogP contribution in [0.4, 0.5) is 10.5 Å². The van der Waals surface area contributed by atoms with Crippen molar-refractivity contribution in [1.29, 1.82) is 0 Å². The molecule has 4 rings (SSSR count). The van der Waals surface area contributed by atoms with E-state index in [1.807, 2.05) is 26.0 Å². The number of nitrogens with zero attached hydrogens (tertiary/aromatic N) is 1. The lowest BCUT2D eigenvalue weighted by Gasteiger charge is -2.29. The van der Waals surface area contributed by atoms with E-state index in [2.05, 4.69) is 16.0 Å². The van der Waals surface area contributed by atoms with Crippen molar-refractivity contribution in [3.05, 3.63) is 64.2 Å². The number of urea groups is 1. The number of rotatable bonds is 4. The molecule has 9 heteroatoms. The fourth-order valence-electron chi connectivity index (χ4n) is 4.04. The van der Waals surface area contributed by atoms with Gasteiger partial charge in [0.1, 0.15) is 6.04 Å². The van der Waals surface area contributed by atoms with Crippen LogP contribution in [0.5, 0.6) is 0 Å². The largest absolute Gasteiger partial charge is 0.329 e. The van der Waals surface area contributed by atoms with Gasteiger partial charge in [0.25, 0.3) is 5.91 Å². The molecule has 1 saturated heterocycles. The summed E-state index contributed by atoms with van der Waals surface area (Å²) in [5, 5.41) is 8.64. The SMILES string of the molecule is CC(C)(NC(=O)Nc1ccc2c(c1)CN(C1CCC(=O)NC1=O)C2=O)c1ccc(Cl)cc1. The van der Waals surface area contributed by atoms with E-state index in [4.69, 9.17) is 11.6 Å². The molecule has 2 aromatic rings. The van der Waals surface area contributed by atoms with Crippen LogP contribution in [0.2, 0.25) is 5.02 Å². The quantitative estimate of drug-likeness (QED) is 0.616. The van der Waals surface area contributed by atoms with E-state index in [1.54, 1.807) is 30.3 Å². The number of nitrogens with one attached hydrogen (secondary N) is 3. The number of hydrogen-bond acceptors (Lipinski definition) is 4. The number of amides is 5. The van der Waals surface area contributed by atoms with Crippen LogP contribution in [0, 0.1) is 0 Å². The predicted octanol–water partition coefficient (Wildman–Crippen LogP) is 3.16. The van der Waals surface area contributed by atoms with Gasteiger partial charge in [-0.15, -0.1) is 0 Å². The van der Waals surface area contributed by atoms with Gasteiger partial charge in [-0.1, -0.05) is 23.7 Å². The van der Waals surface area contributed by atoms with Crippen LogP contribution < -0.4 is 16.0 Å². The van der Waals surface area contributed by atoms with Gasteiger partial charge >= 0.3 is 6.03 Å². The highest BCUT2D eigenvalue weighted by Crippen LogP contribution is 2.29. The van der Waals surface area contributed by atoms with Crippen molar-refractivity contribution in [3.8, 4) is 0 Å². The molecule has 166 valence electrons. The smallest absolute Gasteiger partial charge is 0.319 e. The highest BCUT2D eigenvalue weighted by molar-refractivity contribution is 6.30. The minimum Gasteiger partial charge on any atom is -0.329 e. The zero-order valence-electron chi connectivity index (χ0n) is 17.7. The molecule has 0 bridgehead atoms. The van der Waals surface area contributed by atoms with Gasteiger partial charge in [-0.25, -0.2) is 4.79 Å². The Morgan fingerprint density at radius 2 is 1.84 bits per heavy atom. The Bertz CT molecular complexity index is 1110. The van der Waals surface area contributed by atoms with Crippen molar-refractivity contribution in [2.75, 3.05) is 5.32 Å². The lowest BCUT2D eigenvalue weighted by Crippen LogP contribution is -2.52. The molecule has 8 nitrogen and oxygen atoms in total. The summed E-state index contributed by atoms with van der Waals surface area (Å²) in [5.74, 6) is -1.03. The average Bonchev–Trinajstić information content (AvgIpc) is 3.03. The van der Waals surface area contributed by atoms with Crippen molar-refractivity contribution in [2.45, 2.75) is 44.8 Å². The van der Waals surface area contributed by atoms with Gasteiger partial charge in [0, 0.05) is 29.2 Å². The summed E-state index contributed by atoms with van der Waals surface area (Å²) in [6.45, 7) is 4.01. The van der Waals surface area contributed by atoms with E-state index in [0.717, 1.165) is 11.1 Å². The van der Waals surface area contributed by atoms with E-state index in [-0.39, 0.29) is 24.8 Å². The number of imide groups is 1. The third-order valence-corrected chi connectivity index (χ3v) is 6.03. The number of benzene rings is 2. The normalized spacial score (nSPS) is 18.3. The van der Waals surface area contributed by atoms with Gasteiger partial charge in [-0.05, 0) is 61.7 Å². The van der Waals surface area contributed by atoms with E-state index < -0.39 is 23.5 Å². The molecule has 1 fully saturated rings. The summed E-state index contributed by atoms with van der Waals surface area (Å²) in [7, 11) is 0. The first-order valence-corrected chi connectivity index (χ1v) is 10.6. The van der Waals surface area contributed by atoms with Crippen molar-refractivity contribution in [3.63, 3.8) is 0 Å². The second-order valence-electron chi connectivity index (χ2n) is 8.48. The molecular weight excluding hydrogens is 432 g/mol. The highest BCUT2D eigenvalue weighted by atomic mass is 35.5. The molecule has 0 spiro atoms. The monoisotopic (exact) mass is 454 g/mol. The molecule has 2 aliphatic rings. The highest BCUT2D eigenvalue weighted by Gasteiger charge is 2.39. The number of carbonyl (C=O) groups excluding carboxylic acids is 4. The van der Waals surface area contributed by atoms with Crippen LogP contribution >= 0.6 is 11.6 Å². The zero-order chi connectivity index (χ0) is 23.0. The van der Waals surface area contributed by atoms with Crippen LogP contribution in [0.15, 0.2) is 42.5 Å². The number of halogens is 1. The molecule has 2 heterocycles. The molecule has 0 radical (unpaired) electrons. The maximum atomic E-state index is 12.8. The predicted molar refractivity (Wildman–Crippen MR) is 119 cm³/mol. The average molecular weight is 455 g/mol. The number of hydrogen-bond donors (Lipinski definition) is 3.